The molecule has 0 saturated heterocycles. The second kappa shape index (κ2) is 4.98. The van der Waals surface area contributed by atoms with Gasteiger partial charge in [-0.1, -0.05) is 29.3 Å². The summed E-state index contributed by atoms with van der Waals surface area (Å²) in [4.78, 5) is 2.52. The molecular formula is C14H22N2. The molecule has 2 rings (SSSR count). The number of benzene rings is 1. The van der Waals surface area contributed by atoms with Crippen LogP contribution in [0.5, 0.6) is 0 Å². The molecule has 0 heterocycles. The highest BCUT2D eigenvalue weighted by Gasteiger charge is 2.28. The maximum absolute atomic E-state index is 5.67. The predicted molar refractivity (Wildman–Crippen MR) is 68.4 cm³/mol. The van der Waals surface area contributed by atoms with E-state index in [-0.39, 0.29) is 0 Å². The van der Waals surface area contributed by atoms with Crippen molar-refractivity contribution in [2.24, 2.45) is 5.73 Å². The number of aryl methyl sites for hydroxylation is 2. The van der Waals surface area contributed by atoms with Crippen molar-refractivity contribution in [3.8, 4) is 0 Å². The van der Waals surface area contributed by atoms with Crippen LogP contribution in [-0.4, -0.2) is 24.0 Å². The van der Waals surface area contributed by atoms with E-state index in [2.05, 4.69) is 36.9 Å². The highest BCUT2D eigenvalue weighted by Crippen LogP contribution is 2.28. The Balaban J connectivity index is 2.05. The number of nitrogens with two attached hydrogens (primary N) is 1. The van der Waals surface area contributed by atoms with Crippen LogP contribution in [0.1, 0.15) is 29.5 Å². The highest BCUT2D eigenvalue weighted by molar-refractivity contribution is 5.28. The largest absolute Gasteiger partial charge is 0.329 e. The van der Waals surface area contributed by atoms with Crippen LogP contribution in [0.25, 0.3) is 0 Å². The van der Waals surface area contributed by atoms with Crippen LogP contribution in [-0.2, 0) is 6.54 Å². The van der Waals surface area contributed by atoms with Crippen LogP contribution in [0.2, 0.25) is 0 Å². The first kappa shape index (κ1) is 11.6. The zero-order valence-corrected chi connectivity index (χ0v) is 10.4. The van der Waals surface area contributed by atoms with Gasteiger partial charge in [-0.3, -0.25) is 4.90 Å². The molecule has 0 radical (unpaired) electrons. The topological polar surface area (TPSA) is 29.3 Å². The summed E-state index contributed by atoms with van der Waals surface area (Å²) in [6.07, 6.45) is 2.70. The zero-order chi connectivity index (χ0) is 11.5. The lowest BCUT2D eigenvalue weighted by Gasteiger charge is -2.21. The normalized spacial score (nSPS) is 15.8. The van der Waals surface area contributed by atoms with Crippen molar-refractivity contribution in [3.63, 3.8) is 0 Å². The van der Waals surface area contributed by atoms with Crippen LogP contribution in [0.4, 0.5) is 0 Å². The van der Waals surface area contributed by atoms with Crippen molar-refractivity contribution in [1.82, 2.24) is 4.90 Å². The summed E-state index contributed by atoms with van der Waals surface area (Å²) in [6, 6.07) is 7.61. The number of hydrogen-bond donors (Lipinski definition) is 1. The van der Waals surface area contributed by atoms with E-state index in [1.807, 2.05) is 0 Å². The van der Waals surface area contributed by atoms with Crippen LogP contribution in [0, 0.1) is 13.8 Å². The fourth-order valence-electron chi connectivity index (χ4n) is 2.39. The maximum atomic E-state index is 5.67. The quantitative estimate of drug-likeness (QED) is 0.821. The van der Waals surface area contributed by atoms with Crippen LogP contribution in [0.15, 0.2) is 18.2 Å². The third kappa shape index (κ3) is 3.06. The molecule has 0 amide bonds. The average molecular weight is 218 g/mol. The van der Waals surface area contributed by atoms with Crippen molar-refractivity contribution in [2.45, 2.75) is 39.3 Å². The van der Waals surface area contributed by atoms with Gasteiger partial charge in [0.25, 0.3) is 0 Å². The van der Waals surface area contributed by atoms with Crippen molar-refractivity contribution in [2.75, 3.05) is 13.1 Å². The molecule has 1 aromatic carbocycles. The van der Waals surface area contributed by atoms with E-state index >= 15 is 0 Å². The van der Waals surface area contributed by atoms with Gasteiger partial charge in [-0.15, -0.1) is 0 Å². The lowest BCUT2D eigenvalue weighted by molar-refractivity contribution is 0.262. The molecule has 1 saturated carbocycles. The lowest BCUT2D eigenvalue weighted by Crippen LogP contribution is -2.31. The van der Waals surface area contributed by atoms with E-state index in [0.717, 1.165) is 25.7 Å². The minimum Gasteiger partial charge on any atom is -0.329 e. The molecule has 0 unspecified atom stereocenters. The van der Waals surface area contributed by atoms with E-state index in [1.54, 1.807) is 0 Å². The first-order chi connectivity index (χ1) is 7.69. The van der Waals surface area contributed by atoms with Gasteiger partial charge >= 0.3 is 0 Å². The number of hydrogen-bond acceptors (Lipinski definition) is 2. The molecule has 1 fully saturated rings. The van der Waals surface area contributed by atoms with E-state index in [4.69, 9.17) is 5.73 Å². The number of nitrogens with zero attached hydrogens (tertiary/aromatic N) is 1. The van der Waals surface area contributed by atoms with Crippen LogP contribution >= 0.6 is 0 Å². The van der Waals surface area contributed by atoms with Crippen molar-refractivity contribution in [1.29, 1.82) is 0 Å². The molecule has 2 nitrogen and oxygen atoms in total. The van der Waals surface area contributed by atoms with Crippen molar-refractivity contribution >= 4 is 0 Å². The van der Waals surface area contributed by atoms with Gasteiger partial charge in [0.1, 0.15) is 0 Å². The summed E-state index contributed by atoms with van der Waals surface area (Å²) >= 11 is 0. The molecule has 88 valence electrons. The van der Waals surface area contributed by atoms with Crippen LogP contribution < -0.4 is 5.73 Å². The number of rotatable bonds is 5. The summed E-state index contributed by atoms with van der Waals surface area (Å²) < 4.78 is 0. The monoisotopic (exact) mass is 218 g/mol. The third-order valence-corrected chi connectivity index (χ3v) is 3.15. The minimum absolute atomic E-state index is 0.765. The second-order valence-electron chi connectivity index (χ2n) is 4.99. The Morgan fingerprint density at radius 2 is 1.81 bits per heavy atom. The average Bonchev–Trinajstić information content (AvgIpc) is 2.98. The van der Waals surface area contributed by atoms with Gasteiger partial charge in [-0.2, -0.15) is 0 Å². The fourth-order valence-corrected chi connectivity index (χ4v) is 2.39. The molecule has 0 aliphatic heterocycles. The molecule has 1 aromatic rings. The molecule has 0 aromatic heterocycles. The van der Waals surface area contributed by atoms with E-state index in [0.29, 0.717) is 0 Å². The summed E-state index contributed by atoms with van der Waals surface area (Å²) in [7, 11) is 0. The first-order valence-electron chi connectivity index (χ1n) is 6.20. The van der Waals surface area contributed by atoms with Crippen LogP contribution in [0.3, 0.4) is 0 Å². The molecule has 0 atom stereocenters. The lowest BCUT2D eigenvalue weighted by atomic mass is 10.1. The third-order valence-electron chi connectivity index (χ3n) is 3.15. The smallest absolute Gasteiger partial charge is 0.0237 e. The Hall–Kier alpha value is -0.860. The zero-order valence-electron chi connectivity index (χ0n) is 10.4. The highest BCUT2D eigenvalue weighted by atomic mass is 15.2. The Labute approximate surface area is 98.4 Å². The van der Waals surface area contributed by atoms with E-state index < -0.39 is 0 Å². The molecule has 16 heavy (non-hydrogen) atoms. The summed E-state index contributed by atoms with van der Waals surface area (Å²) in [5.41, 5.74) is 9.81. The molecule has 1 aliphatic carbocycles. The molecule has 2 N–H and O–H groups in total. The predicted octanol–water partition coefficient (Wildman–Crippen LogP) is 2.23. The van der Waals surface area contributed by atoms with Gasteiger partial charge < -0.3 is 5.73 Å². The summed E-state index contributed by atoms with van der Waals surface area (Å²) in [5.74, 6) is 0. The maximum Gasteiger partial charge on any atom is 0.0237 e. The molecule has 2 heteroatoms. The molecular weight excluding hydrogens is 196 g/mol. The molecule has 1 aliphatic rings. The molecule has 0 bridgehead atoms. The Bertz CT molecular complexity index is 336. The minimum atomic E-state index is 0.765. The SMILES string of the molecule is Cc1cc(C)cc(CN(CCN)C2CC2)c1. The second-order valence-corrected chi connectivity index (χ2v) is 4.99. The Kier molecular flexibility index (Phi) is 3.62. The van der Waals surface area contributed by atoms with E-state index in [1.165, 1.54) is 29.5 Å². The van der Waals surface area contributed by atoms with Gasteiger partial charge in [0.05, 0.1) is 0 Å². The summed E-state index contributed by atoms with van der Waals surface area (Å²) in [5, 5.41) is 0. The molecule has 0 spiro atoms. The van der Waals surface area contributed by atoms with E-state index in [9.17, 15) is 0 Å². The van der Waals surface area contributed by atoms with Crippen molar-refractivity contribution in [3.05, 3.63) is 34.9 Å². The fraction of sp³-hybridized carbons (Fsp3) is 0.571. The Morgan fingerprint density at radius 1 is 1.19 bits per heavy atom. The van der Waals surface area contributed by atoms with Gasteiger partial charge in [-0.05, 0) is 32.3 Å². The van der Waals surface area contributed by atoms with Gasteiger partial charge in [0, 0.05) is 25.7 Å². The van der Waals surface area contributed by atoms with Gasteiger partial charge in [0.2, 0.25) is 0 Å². The first-order valence-corrected chi connectivity index (χ1v) is 6.20. The van der Waals surface area contributed by atoms with Gasteiger partial charge in [-0.25, -0.2) is 0 Å². The Morgan fingerprint density at radius 3 is 2.31 bits per heavy atom. The van der Waals surface area contributed by atoms with Crippen molar-refractivity contribution < 1.29 is 0 Å². The summed E-state index contributed by atoms with van der Waals surface area (Å²) in [6.45, 7) is 7.19. The van der Waals surface area contributed by atoms with Gasteiger partial charge in [0.15, 0.2) is 0 Å². The standard InChI is InChI=1S/C14H22N2/c1-11-7-12(2)9-13(8-11)10-16(6-5-15)14-3-4-14/h7-9,14H,3-6,10,15H2,1-2H3.